The molecule has 0 bridgehead atoms. The lowest BCUT2D eigenvalue weighted by atomic mass is 10.2. The molecule has 0 saturated carbocycles. The average molecular weight is 311 g/mol. The summed E-state index contributed by atoms with van der Waals surface area (Å²) >= 11 is 0. The van der Waals surface area contributed by atoms with Crippen LogP contribution in [0, 0.1) is 6.92 Å². The second kappa shape index (κ2) is 6.42. The number of pyridine rings is 2. The summed E-state index contributed by atoms with van der Waals surface area (Å²) in [5.74, 6) is -0.746. The van der Waals surface area contributed by atoms with Crippen LogP contribution < -0.4 is 10.1 Å². The van der Waals surface area contributed by atoms with Crippen LogP contribution in [0.15, 0.2) is 36.5 Å². The first-order chi connectivity index (χ1) is 10.3. The smallest absolute Gasteiger partial charge is 0.422 e. The van der Waals surface area contributed by atoms with Crippen LogP contribution in [0.3, 0.4) is 0 Å². The molecule has 0 aromatic carbocycles. The standard InChI is InChI=1S/C14H12F3N3O2/c1-9-4-2-6-11(19-9)20-12(21)10-5-3-7-18-13(10)22-8-14(15,16)17/h2-7H,8H2,1H3,(H,19,20,21). The van der Waals surface area contributed by atoms with Gasteiger partial charge in [0.1, 0.15) is 11.4 Å². The van der Waals surface area contributed by atoms with Crippen LogP contribution in [0.4, 0.5) is 19.0 Å². The van der Waals surface area contributed by atoms with Gasteiger partial charge < -0.3 is 10.1 Å². The van der Waals surface area contributed by atoms with Gasteiger partial charge in [0.05, 0.1) is 0 Å². The number of nitrogens with one attached hydrogen (secondary N) is 1. The summed E-state index contributed by atoms with van der Waals surface area (Å²) in [6.07, 6.45) is -3.27. The number of halogens is 3. The van der Waals surface area contributed by atoms with Crippen LogP contribution in [0.25, 0.3) is 0 Å². The zero-order valence-electron chi connectivity index (χ0n) is 11.5. The lowest BCUT2D eigenvalue weighted by Crippen LogP contribution is -2.22. The Bertz CT molecular complexity index is 674. The zero-order valence-corrected chi connectivity index (χ0v) is 11.5. The van der Waals surface area contributed by atoms with Gasteiger partial charge in [0, 0.05) is 11.9 Å². The number of hydrogen-bond donors (Lipinski definition) is 1. The average Bonchev–Trinajstić information content (AvgIpc) is 2.44. The molecule has 2 heterocycles. The number of rotatable bonds is 4. The van der Waals surface area contributed by atoms with E-state index in [2.05, 4.69) is 20.0 Å². The molecule has 0 saturated heterocycles. The van der Waals surface area contributed by atoms with Crippen molar-refractivity contribution in [1.82, 2.24) is 9.97 Å². The number of hydrogen-bond acceptors (Lipinski definition) is 4. The minimum atomic E-state index is -4.51. The SMILES string of the molecule is Cc1cccc(NC(=O)c2cccnc2OCC(F)(F)F)n1. The van der Waals surface area contributed by atoms with E-state index in [1.165, 1.54) is 18.3 Å². The summed E-state index contributed by atoms with van der Waals surface area (Å²) in [4.78, 5) is 19.9. The van der Waals surface area contributed by atoms with Gasteiger partial charge in [-0.15, -0.1) is 0 Å². The predicted octanol–water partition coefficient (Wildman–Crippen LogP) is 2.98. The maximum atomic E-state index is 12.2. The van der Waals surface area contributed by atoms with Crippen LogP contribution in [0.1, 0.15) is 16.1 Å². The molecular weight excluding hydrogens is 299 g/mol. The lowest BCUT2D eigenvalue weighted by molar-refractivity contribution is -0.154. The quantitative estimate of drug-likeness (QED) is 0.943. The molecule has 2 rings (SSSR count). The molecule has 0 atom stereocenters. The highest BCUT2D eigenvalue weighted by molar-refractivity contribution is 6.05. The van der Waals surface area contributed by atoms with Gasteiger partial charge in [0.15, 0.2) is 6.61 Å². The van der Waals surface area contributed by atoms with Crippen molar-refractivity contribution in [3.8, 4) is 5.88 Å². The number of amides is 1. The van der Waals surface area contributed by atoms with E-state index < -0.39 is 18.7 Å². The Kier molecular flexibility index (Phi) is 4.59. The highest BCUT2D eigenvalue weighted by Gasteiger charge is 2.29. The van der Waals surface area contributed by atoms with Gasteiger partial charge in [-0.1, -0.05) is 6.07 Å². The molecule has 2 aromatic heterocycles. The molecule has 0 aliphatic heterocycles. The fourth-order valence-corrected chi connectivity index (χ4v) is 1.63. The van der Waals surface area contributed by atoms with Gasteiger partial charge in [-0.05, 0) is 31.2 Å². The summed E-state index contributed by atoms with van der Waals surface area (Å²) in [7, 11) is 0. The van der Waals surface area contributed by atoms with E-state index in [0.717, 1.165) is 0 Å². The molecule has 0 unspecified atom stereocenters. The summed E-state index contributed by atoms with van der Waals surface area (Å²) < 4.78 is 41.2. The zero-order chi connectivity index (χ0) is 16.2. The van der Waals surface area contributed by atoms with Crippen molar-refractivity contribution in [2.24, 2.45) is 0 Å². The normalized spacial score (nSPS) is 11.1. The van der Waals surface area contributed by atoms with Crippen LogP contribution in [0.2, 0.25) is 0 Å². The van der Waals surface area contributed by atoms with Crippen molar-refractivity contribution in [3.63, 3.8) is 0 Å². The molecule has 1 amide bonds. The summed E-state index contributed by atoms with van der Waals surface area (Å²) in [5.41, 5.74) is 0.590. The largest absolute Gasteiger partial charge is 0.467 e. The van der Waals surface area contributed by atoms with Crippen LogP contribution >= 0.6 is 0 Å². The van der Waals surface area contributed by atoms with Gasteiger partial charge in [-0.2, -0.15) is 13.2 Å². The van der Waals surface area contributed by atoms with Gasteiger partial charge in [0.25, 0.3) is 5.91 Å². The molecular formula is C14H12F3N3O2. The number of aryl methyl sites for hydroxylation is 1. The fraction of sp³-hybridized carbons (Fsp3) is 0.214. The second-order valence-electron chi connectivity index (χ2n) is 4.38. The van der Waals surface area contributed by atoms with Gasteiger partial charge in [0.2, 0.25) is 5.88 Å². The number of carbonyl (C=O) groups excluding carboxylic acids is 1. The van der Waals surface area contributed by atoms with E-state index in [1.54, 1.807) is 25.1 Å². The molecule has 0 spiro atoms. The van der Waals surface area contributed by atoms with E-state index in [0.29, 0.717) is 5.69 Å². The van der Waals surface area contributed by atoms with Crippen molar-refractivity contribution in [2.45, 2.75) is 13.1 Å². The van der Waals surface area contributed by atoms with Crippen molar-refractivity contribution < 1.29 is 22.7 Å². The van der Waals surface area contributed by atoms with Crippen molar-refractivity contribution in [3.05, 3.63) is 47.8 Å². The van der Waals surface area contributed by atoms with Crippen LogP contribution in [0.5, 0.6) is 5.88 Å². The first-order valence-corrected chi connectivity index (χ1v) is 6.25. The van der Waals surface area contributed by atoms with E-state index in [-0.39, 0.29) is 17.3 Å². The minimum absolute atomic E-state index is 0.102. The molecule has 0 fully saturated rings. The summed E-state index contributed by atoms with van der Waals surface area (Å²) in [6.45, 7) is 0.227. The third-order valence-electron chi connectivity index (χ3n) is 2.52. The molecule has 0 aliphatic rings. The highest BCUT2D eigenvalue weighted by Crippen LogP contribution is 2.20. The molecule has 0 radical (unpaired) electrons. The van der Waals surface area contributed by atoms with Crippen LogP contribution in [-0.2, 0) is 0 Å². The lowest BCUT2D eigenvalue weighted by Gasteiger charge is -2.11. The van der Waals surface area contributed by atoms with Crippen molar-refractivity contribution in [2.75, 3.05) is 11.9 Å². The van der Waals surface area contributed by atoms with E-state index in [1.807, 2.05) is 0 Å². The molecule has 5 nitrogen and oxygen atoms in total. The number of carbonyl (C=O) groups is 1. The molecule has 8 heteroatoms. The molecule has 0 aliphatic carbocycles. The van der Waals surface area contributed by atoms with Crippen LogP contribution in [-0.4, -0.2) is 28.7 Å². The maximum absolute atomic E-state index is 12.2. The van der Waals surface area contributed by atoms with E-state index in [4.69, 9.17) is 0 Å². The monoisotopic (exact) mass is 311 g/mol. The van der Waals surface area contributed by atoms with Gasteiger partial charge in [-0.3, -0.25) is 4.79 Å². The van der Waals surface area contributed by atoms with Crippen molar-refractivity contribution in [1.29, 1.82) is 0 Å². The first-order valence-electron chi connectivity index (χ1n) is 6.25. The second-order valence-corrected chi connectivity index (χ2v) is 4.38. The third-order valence-corrected chi connectivity index (χ3v) is 2.52. The van der Waals surface area contributed by atoms with E-state index >= 15 is 0 Å². The molecule has 2 aromatic rings. The number of alkyl halides is 3. The maximum Gasteiger partial charge on any atom is 0.422 e. The first kappa shape index (κ1) is 15.7. The van der Waals surface area contributed by atoms with E-state index in [9.17, 15) is 18.0 Å². The Hall–Kier alpha value is -2.64. The third kappa shape index (κ3) is 4.44. The Morgan fingerprint density at radius 2 is 2.05 bits per heavy atom. The van der Waals surface area contributed by atoms with Crippen molar-refractivity contribution >= 4 is 11.7 Å². The Labute approximate surface area is 124 Å². The molecule has 22 heavy (non-hydrogen) atoms. The van der Waals surface area contributed by atoms with Gasteiger partial charge >= 0.3 is 6.18 Å². The Balaban J connectivity index is 2.15. The molecule has 1 N–H and O–H groups in total. The summed E-state index contributed by atoms with van der Waals surface area (Å²) in [6, 6.07) is 7.76. The fourth-order valence-electron chi connectivity index (χ4n) is 1.63. The number of aromatic nitrogens is 2. The highest BCUT2D eigenvalue weighted by atomic mass is 19.4. The number of anilines is 1. The predicted molar refractivity (Wildman–Crippen MR) is 72.7 cm³/mol. The number of ether oxygens (including phenoxy) is 1. The van der Waals surface area contributed by atoms with Gasteiger partial charge in [-0.25, -0.2) is 9.97 Å². The summed E-state index contributed by atoms with van der Waals surface area (Å²) in [5, 5.41) is 2.49. The minimum Gasteiger partial charge on any atom is -0.467 e. The number of nitrogens with zero attached hydrogens (tertiary/aromatic N) is 2. The Morgan fingerprint density at radius 3 is 2.73 bits per heavy atom. The molecule has 116 valence electrons. The topological polar surface area (TPSA) is 64.1 Å². The Morgan fingerprint density at radius 1 is 1.27 bits per heavy atom.